The van der Waals surface area contributed by atoms with Gasteiger partial charge in [-0.1, -0.05) is 12.1 Å². The Morgan fingerprint density at radius 3 is 2.95 bits per heavy atom. The summed E-state index contributed by atoms with van der Waals surface area (Å²) < 4.78 is 5.96. The standard InChI is InChI=1S/C18H26N2O/c1-18(2,13-19)11-3-4-12-21-17-10-6-7-14-15(17)8-5-9-16(14)20/h6-7,10,16H,3-5,8-9,11-12,20H2,1-2H3. The summed E-state index contributed by atoms with van der Waals surface area (Å²) in [5, 5.41) is 8.99. The Bertz CT molecular complexity index is 516. The van der Waals surface area contributed by atoms with E-state index in [1.54, 1.807) is 0 Å². The lowest BCUT2D eigenvalue weighted by Gasteiger charge is -2.24. The van der Waals surface area contributed by atoms with E-state index in [2.05, 4.69) is 18.2 Å². The van der Waals surface area contributed by atoms with Crippen LogP contribution in [0.5, 0.6) is 5.75 Å². The molecule has 0 fully saturated rings. The second-order valence-corrected chi connectivity index (χ2v) is 6.62. The molecule has 1 unspecified atom stereocenters. The molecule has 2 N–H and O–H groups in total. The van der Waals surface area contributed by atoms with E-state index >= 15 is 0 Å². The average Bonchev–Trinajstić information content (AvgIpc) is 2.48. The minimum atomic E-state index is -0.224. The van der Waals surface area contributed by atoms with Crippen LogP contribution in [0.15, 0.2) is 18.2 Å². The quantitative estimate of drug-likeness (QED) is 0.800. The lowest BCUT2D eigenvalue weighted by Crippen LogP contribution is -2.18. The van der Waals surface area contributed by atoms with E-state index in [-0.39, 0.29) is 11.5 Å². The van der Waals surface area contributed by atoms with Gasteiger partial charge in [-0.15, -0.1) is 0 Å². The van der Waals surface area contributed by atoms with Crippen molar-refractivity contribution in [1.82, 2.24) is 0 Å². The number of benzene rings is 1. The molecule has 21 heavy (non-hydrogen) atoms. The van der Waals surface area contributed by atoms with Gasteiger partial charge in [0.2, 0.25) is 0 Å². The molecule has 0 radical (unpaired) electrons. The highest BCUT2D eigenvalue weighted by Crippen LogP contribution is 2.34. The van der Waals surface area contributed by atoms with Gasteiger partial charge in [0.05, 0.1) is 18.1 Å². The number of nitriles is 1. The minimum absolute atomic E-state index is 0.161. The van der Waals surface area contributed by atoms with Crippen molar-refractivity contribution in [2.75, 3.05) is 6.61 Å². The molecule has 1 aromatic rings. The molecule has 3 nitrogen and oxygen atoms in total. The van der Waals surface area contributed by atoms with E-state index in [1.807, 2.05) is 19.9 Å². The van der Waals surface area contributed by atoms with Gasteiger partial charge in [0.15, 0.2) is 0 Å². The maximum atomic E-state index is 8.99. The highest BCUT2D eigenvalue weighted by molar-refractivity contribution is 5.43. The zero-order valence-corrected chi connectivity index (χ0v) is 13.2. The molecule has 1 atom stereocenters. The Labute approximate surface area is 128 Å². The number of rotatable bonds is 6. The summed E-state index contributed by atoms with van der Waals surface area (Å²) in [7, 11) is 0. The van der Waals surface area contributed by atoms with Gasteiger partial charge >= 0.3 is 0 Å². The van der Waals surface area contributed by atoms with Crippen molar-refractivity contribution < 1.29 is 4.74 Å². The third kappa shape index (κ3) is 4.22. The first-order valence-electron chi connectivity index (χ1n) is 7.95. The number of nitrogens with zero attached hydrogens (tertiary/aromatic N) is 1. The van der Waals surface area contributed by atoms with Crippen LogP contribution in [0.2, 0.25) is 0 Å². The molecule has 2 rings (SSSR count). The first-order valence-corrected chi connectivity index (χ1v) is 7.95. The second-order valence-electron chi connectivity index (χ2n) is 6.62. The molecule has 0 spiro atoms. The monoisotopic (exact) mass is 286 g/mol. The fourth-order valence-electron chi connectivity index (χ4n) is 2.89. The summed E-state index contributed by atoms with van der Waals surface area (Å²) in [4.78, 5) is 0. The molecule has 0 saturated carbocycles. The van der Waals surface area contributed by atoms with E-state index in [1.165, 1.54) is 11.1 Å². The van der Waals surface area contributed by atoms with E-state index in [0.717, 1.165) is 44.3 Å². The predicted molar refractivity (Wildman–Crippen MR) is 85.0 cm³/mol. The molecule has 0 aromatic heterocycles. The van der Waals surface area contributed by atoms with Crippen LogP contribution >= 0.6 is 0 Å². The van der Waals surface area contributed by atoms with Gasteiger partial charge in [0, 0.05) is 6.04 Å². The number of fused-ring (bicyclic) bond motifs is 1. The molecule has 0 aliphatic heterocycles. The molecule has 0 saturated heterocycles. The Hall–Kier alpha value is -1.53. The molecular formula is C18H26N2O. The SMILES string of the molecule is CC(C)(C#N)CCCCOc1cccc2c1CCCC2N. The Balaban J connectivity index is 1.85. The Morgan fingerprint density at radius 2 is 2.19 bits per heavy atom. The Morgan fingerprint density at radius 1 is 1.38 bits per heavy atom. The van der Waals surface area contributed by atoms with Gasteiger partial charge in [0.25, 0.3) is 0 Å². The van der Waals surface area contributed by atoms with Crippen molar-refractivity contribution in [3.8, 4) is 11.8 Å². The van der Waals surface area contributed by atoms with Crippen molar-refractivity contribution in [3.63, 3.8) is 0 Å². The van der Waals surface area contributed by atoms with Crippen LogP contribution in [0.1, 0.15) is 63.1 Å². The fraction of sp³-hybridized carbons (Fsp3) is 0.611. The maximum absolute atomic E-state index is 8.99. The lowest BCUT2D eigenvalue weighted by molar-refractivity contribution is 0.290. The summed E-state index contributed by atoms with van der Waals surface area (Å²) in [6.45, 7) is 4.69. The molecule has 0 amide bonds. The molecule has 0 heterocycles. The zero-order chi connectivity index (χ0) is 15.3. The Kier molecular flexibility index (Phi) is 5.25. The van der Waals surface area contributed by atoms with Crippen LogP contribution in [-0.4, -0.2) is 6.61 Å². The smallest absolute Gasteiger partial charge is 0.122 e. The molecule has 3 heteroatoms. The van der Waals surface area contributed by atoms with E-state index in [0.29, 0.717) is 6.61 Å². The van der Waals surface area contributed by atoms with Crippen molar-refractivity contribution in [3.05, 3.63) is 29.3 Å². The minimum Gasteiger partial charge on any atom is -0.493 e. The van der Waals surface area contributed by atoms with Gasteiger partial charge in [-0.3, -0.25) is 0 Å². The van der Waals surface area contributed by atoms with E-state index < -0.39 is 0 Å². The maximum Gasteiger partial charge on any atom is 0.122 e. The fourth-order valence-corrected chi connectivity index (χ4v) is 2.89. The van der Waals surface area contributed by atoms with E-state index in [4.69, 9.17) is 15.7 Å². The van der Waals surface area contributed by atoms with Crippen molar-refractivity contribution >= 4 is 0 Å². The number of unbranched alkanes of at least 4 members (excludes halogenated alkanes) is 1. The number of nitrogens with two attached hydrogens (primary N) is 1. The molecular weight excluding hydrogens is 260 g/mol. The normalized spacial score (nSPS) is 17.9. The molecule has 0 bridgehead atoms. The summed E-state index contributed by atoms with van der Waals surface area (Å²) >= 11 is 0. The molecule has 1 aliphatic carbocycles. The highest BCUT2D eigenvalue weighted by atomic mass is 16.5. The third-order valence-corrected chi connectivity index (χ3v) is 4.27. The third-order valence-electron chi connectivity index (χ3n) is 4.27. The van der Waals surface area contributed by atoms with Crippen LogP contribution < -0.4 is 10.5 Å². The van der Waals surface area contributed by atoms with Gasteiger partial charge in [-0.05, 0) is 69.6 Å². The zero-order valence-electron chi connectivity index (χ0n) is 13.2. The first-order chi connectivity index (χ1) is 10.0. The number of ether oxygens (including phenoxy) is 1. The van der Waals surface area contributed by atoms with Crippen LogP contribution in [-0.2, 0) is 6.42 Å². The van der Waals surface area contributed by atoms with Gasteiger partial charge < -0.3 is 10.5 Å². The van der Waals surface area contributed by atoms with Crippen molar-refractivity contribution in [2.45, 2.75) is 58.4 Å². The van der Waals surface area contributed by atoms with Gasteiger partial charge in [0.1, 0.15) is 5.75 Å². The lowest BCUT2D eigenvalue weighted by atomic mass is 9.87. The summed E-state index contributed by atoms with van der Waals surface area (Å²) in [5.74, 6) is 1.00. The summed E-state index contributed by atoms with van der Waals surface area (Å²) in [6, 6.07) is 8.72. The number of hydrogen-bond donors (Lipinski definition) is 1. The molecule has 114 valence electrons. The van der Waals surface area contributed by atoms with Gasteiger partial charge in [-0.2, -0.15) is 5.26 Å². The van der Waals surface area contributed by atoms with Crippen LogP contribution in [0.4, 0.5) is 0 Å². The number of hydrogen-bond acceptors (Lipinski definition) is 3. The largest absolute Gasteiger partial charge is 0.493 e. The van der Waals surface area contributed by atoms with Crippen molar-refractivity contribution in [2.24, 2.45) is 11.1 Å². The second kappa shape index (κ2) is 6.95. The van der Waals surface area contributed by atoms with Gasteiger partial charge in [-0.25, -0.2) is 0 Å². The van der Waals surface area contributed by atoms with Crippen molar-refractivity contribution in [1.29, 1.82) is 5.26 Å². The first kappa shape index (κ1) is 15.9. The van der Waals surface area contributed by atoms with Crippen LogP contribution in [0.25, 0.3) is 0 Å². The topological polar surface area (TPSA) is 59.0 Å². The highest BCUT2D eigenvalue weighted by Gasteiger charge is 2.20. The summed E-state index contributed by atoms with van der Waals surface area (Å²) in [6.07, 6.45) is 6.21. The molecule has 1 aromatic carbocycles. The predicted octanol–water partition coefficient (Wildman–Crippen LogP) is 4.12. The summed E-state index contributed by atoms with van der Waals surface area (Å²) in [5.41, 5.74) is 8.50. The van der Waals surface area contributed by atoms with Crippen LogP contribution in [0, 0.1) is 16.7 Å². The van der Waals surface area contributed by atoms with Crippen LogP contribution in [0.3, 0.4) is 0 Å². The average molecular weight is 286 g/mol. The molecule has 1 aliphatic rings. The van der Waals surface area contributed by atoms with E-state index in [9.17, 15) is 0 Å².